The van der Waals surface area contributed by atoms with Crippen LogP contribution in [0.2, 0.25) is 0 Å². The first-order valence-corrected chi connectivity index (χ1v) is 6.40. The van der Waals surface area contributed by atoms with Crippen molar-refractivity contribution in [3.8, 4) is 11.8 Å². The molecule has 2 heterocycles. The first kappa shape index (κ1) is 16.4. The Hall–Kier alpha value is -2.02. The molecule has 22 heavy (non-hydrogen) atoms. The van der Waals surface area contributed by atoms with Crippen molar-refractivity contribution in [2.24, 2.45) is 0 Å². The van der Waals surface area contributed by atoms with Crippen molar-refractivity contribution in [2.45, 2.75) is 31.0 Å². The van der Waals surface area contributed by atoms with E-state index in [0.29, 0.717) is 0 Å². The molecule has 7 nitrogen and oxygen atoms in total. The normalized spacial score (nSPS) is 30.9. The van der Waals surface area contributed by atoms with Crippen LogP contribution in [0, 0.1) is 18.8 Å². The Labute approximate surface area is 124 Å². The van der Waals surface area contributed by atoms with Gasteiger partial charge in [-0.05, 0) is 13.0 Å². The van der Waals surface area contributed by atoms with Crippen molar-refractivity contribution < 1.29 is 23.7 Å². The number of aromatic nitrogens is 2. The Balaban J connectivity index is 2.59. The van der Waals surface area contributed by atoms with Crippen molar-refractivity contribution in [1.82, 2.24) is 9.55 Å². The van der Waals surface area contributed by atoms with E-state index in [2.05, 4.69) is 4.98 Å². The first-order valence-electron chi connectivity index (χ1n) is 6.40. The monoisotopic (exact) mass is 315 g/mol. The number of ether oxygens (including phenoxy) is 1. The summed E-state index contributed by atoms with van der Waals surface area (Å²) < 4.78 is 33.4. The van der Waals surface area contributed by atoms with Gasteiger partial charge in [0.15, 0.2) is 6.23 Å². The van der Waals surface area contributed by atoms with Gasteiger partial charge in [-0.3, -0.25) is 4.57 Å². The zero-order valence-corrected chi connectivity index (χ0v) is 11.7. The van der Waals surface area contributed by atoms with E-state index >= 15 is 4.39 Å². The number of aliphatic hydroxyl groups is 2. The Kier molecular flexibility index (Phi) is 4.46. The summed E-state index contributed by atoms with van der Waals surface area (Å²) >= 11 is 0. The number of rotatable bonds is 2. The van der Waals surface area contributed by atoms with Gasteiger partial charge in [0.2, 0.25) is 5.67 Å². The fourth-order valence-electron chi connectivity index (χ4n) is 2.37. The second-order valence-corrected chi connectivity index (χ2v) is 4.83. The van der Waals surface area contributed by atoms with Crippen LogP contribution in [0.15, 0.2) is 10.9 Å². The highest BCUT2D eigenvalue weighted by molar-refractivity contribution is 5.30. The summed E-state index contributed by atoms with van der Waals surface area (Å²) in [6.07, 6.45) is -4.85. The molecule has 2 rings (SSSR count). The Morgan fingerprint density at radius 3 is 2.86 bits per heavy atom. The van der Waals surface area contributed by atoms with Gasteiger partial charge in [0, 0.05) is 5.69 Å². The summed E-state index contributed by atoms with van der Waals surface area (Å²) in [5.41, 5.74) is 1.97. The maximum Gasteiger partial charge on any atom is 0.351 e. The molecule has 4 atom stereocenters. The van der Waals surface area contributed by atoms with Gasteiger partial charge in [-0.15, -0.1) is 0 Å². The van der Waals surface area contributed by atoms with Crippen LogP contribution >= 0.6 is 0 Å². The van der Waals surface area contributed by atoms with E-state index in [-0.39, 0.29) is 11.5 Å². The summed E-state index contributed by atoms with van der Waals surface area (Å²) in [6, 6.07) is 1.31. The summed E-state index contributed by atoms with van der Waals surface area (Å²) in [7, 11) is 0. The van der Waals surface area contributed by atoms with Crippen molar-refractivity contribution in [3.05, 3.63) is 22.2 Å². The minimum Gasteiger partial charge on any atom is -0.394 e. The van der Waals surface area contributed by atoms with Crippen molar-refractivity contribution >= 4 is 5.82 Å². The number of hydrogen-bond donors (Lipinski definition) is 3. The number of aliphatic hydroxyl groups excluding tert-OH is 2. The van der Waals surface area contributed by atoms with E-state index in [1.807, 2.05) is 11.8 Å². The molecule has 120 valence electrons. The number of anilines is 1. The van der Waals surface area contributed by atoms with E-state index < -0.39 is 43.1 Å². The number of nitrogen functional groups attached to an aromatic ring is 1. The lowest BCUT2D eigenvalue weighted by Crippen LogP contribution is -2.45. The maximum absolute atomic E-state index is 15.1. The predicted molar refractivity (Wildman–Crippen MR) is 72.2 cm³/mol. The molecule has 1 unspecified atom stereocenters. The summed E-state index contributed by atoms with van der Waals surface area (Å²) in [5, 5.41) is 19.1. The highest BCUT2D eigenvalue weighted by Crippen LogP contribution is 2.41. The Morgan fingerprint density at radius 2 is 2.32 bits per heavy atom. The molecule has 1 fully saturated rings. The van der Waals surface area contributed by atoms with Crippen molar-refractivity contribution in [2.75, 3.05) is 19.0 Å². The second kappa shape index (κ2) is 6.00. The predicted octanol–water partition coefficient (Wildman–Crippen LogP) is -0.934. The molecule has 9 heteroatoms. The Bertz CT molecular complexity index is 684. The van der Waals surface area contributed by atoms with Crippen LogP contribution in [0.4, 0.5) is 14.6 Å². The number of aryl methyl sites for hydroxylation is 1. The average molecular weight is 315 g/mol. The molecule has 0 spiro atoms. The zero-order valence-electron chi connectivity index (χ0n) is 11.7. The molecule has 1 aliphatic rings. The van der Waals surface area contributed by atoms with Crippen LogP contribution in [0.25, 0.3) is 0 Å². The van der Waals surface area contributed by atoms with Gasteiger partial charge < -0.3 is 20.7 Å². The highest BCUT2D eigenvalue weighted by atomic mass is 19.1. The van der Waals surface area contributed by atoms with Crippen LogP contribution in [0.3, 0.4) is 0 Å². The molecule has 1 aromatic heterocycles. The smallest absolute Gasteiger partial charge is 0.351 e. The van der Waals surface area contributed by atoms with Crippen LogP contribution in [0.1, 0.15) is 11.9 Å². The molecule has 1 saturated heterocycles. The molecule has 0 aliphatic carbocycles. The Morgan fingerprint density at radius 1 is 1.64 bits per heavy atom. The van der Waals surface area contributed by atoms with E-state index in [0.717, 1.165) is 4.57 Å². The molecule has 1 aliphatic heterocycles. The van der Waals surface area contributed by atoms with Gasteiger partial charge in [-0.1, -0.05) is 11.8 Å². The average Bonchev–Trinajstić information content (AvgIpc) is 2.69. The molecule has 0 bridgehead atoms. The van der Waals surface area contributed by atoms with E-state index in [1.54, 1.807) is 0 Å². The summed E-state index contributed by atoms with van der Waals surface area (Å²) in [5.74, 6) is 3.76. The largest absolute Gasteiger partial charge is 0.394 e. The molecular formula is C13H15F2N3O4. The third kappa shape index (κ3) is 2.56. The third-order valence-electron chi connectivity index (χ3n) is 3.37. The number of nitrogens with zero attached hydrogens (tertiary/aromatic N) is 2. The molecule has 0 aromatic carbocycles. The topological polar surface area (TPSA) is 111 Å². The van der Waals surface area contributed by atoms with Gasteiger partial charge in [0.25, 0.3) is 0 Å². The summed E-state index contributed by atoms with van der Waals surface area (Å²) in [6.45, 7) is -0.371. The van der Waals surface area contributed by atoms with Gasteiger partial charge in [-0.2, -0.15) is 4.98 Å². The molecule has 1 aromatic rings. The fraction of sp³-hybridized carbons (Fsp3) is 0.538. The third-order valence-corrected chi connectivity index (χ3v) is 3.37. The lowest BCUT2D eigenvalue weighted by Gasteiger charge is -2.25. The SMILES string of the molecule is Cc1cc(N)nc(=O)n1[C@@H]1O[C@H](CO)C(O)[C@]1(F)C#CCF. The molecule has 0 radical (unpaired) electrons. The molecule has 0 amide bonds. The van der Waals surface area contributed by atoms with Gasteiger partial charge in [0.1, 0.15) is 24.7 Å². The second-order valence-electron chi connectivity index (χ2n) is 4.83. The van der Waals surface area contributed by atoms with Crippen LogP contribution in [0.5, 0.6) is 0 Å². The number of hydrogen-bond acceptors (Lipinski definition) is 6. The maximum atomic E-state index is 15.1. The lowest BCUT2D eigenvalue weighted by atomic mass is 9.96. The van der Waals surface area contributed by atoms with Crippen LogP contribution < -0.4 is 11.4 Å². The van der Waals surface area contributed by atoms with Gasteiger partial charge in [0.05, 0.1) is 6.61 Å². The first-order chi connectivity index (χ1) is 10.3. The quantitative estimate of drug-likeness (QED) is 0.608. The number of nitrogens with two attached hydrogens (primary N) is 1. The minimum absolute atomic E-state index is 0.0599. The lowest BCUT2D eigenvalue weighted by molar-refractivity contribution is -0.0551. The van der Waals surface area contributed by atoms with Crippen LogP contribution in [-0.2, 0) is 4.74 Å². The zero-order chi connectivity index (χ0) is 16.5. The van der Waals surface area contributed by atoms with Crippen molar-refractivity contribution in [3.63, 3.8) is 0 Å². The van der Waals surface area contributed by atoms with Crippen molar-refractivity contribution in [1.29, 1.82) is 0 Å². The number of alkyl halides is 2. The molecule has 4 N–H and O–H groups in total. The van der Waals surface area contributed by atoms with E-state index in [4.69, 9.17) is 15.6 Å². The van der Waals surface area contributed by atoms with Gasteiger partial charge >= 0.3 is 5.69 Å². The van der Waals surface area contributed by atoms with E-state index in [1.165, 1.54) is 13.0 Å². The summed E-state index contributed by atoms with van der Waals surface area (Å²) in [4.78, 5) is 15.4. The van der Waals surface area contributed by atoms with Gasteiger partial charge in [-0.25, -0.2) is 13.6 Å². The molecule has 0 saturated carbocycles. The minimum atomic E-state index is -2.77. The standard InChI is InChI=1S/C13H15F2N3O4/c1-7-5-9(16)17-12(21)18(7)11-13(15,3-2-4-14)10(20)8(6-19)22-11/h5,8,10-11,19-20H,4,6H2,1H3,(H2,16,17,21)/t8-,10?,11-,13-/m1/s1. The molecular weight excluding hydrogens is 300 g/mol. The number of halogens is 2. The van der Waals surface area contributed by atoms with Crippen LogP contribution in [-0.4, -0.2) is 50.9 Å². The fourth-order valence-corrected chi connectivity index (χ4v) is 2.37. The van der Waals surface area contributed by atoms with E-state index in [9.17, 15) is 14.3 Å². The highest BCUT2D eigenvalue weighted by Gasteiger charge is 2.58.